The van der Waals surface area contributed by atoms with Gasteiger partial charge >= 0.3 is 0 Å². The van der Waals surface area contributed by atoms with Gasteiger partial charge in [0.25, 0.3) is 5.91 Å². The highest BCUT2D eigenvalue weighted by atomic mass is 16.1. The van der Waals surface area contributed by atoms with Gasteiger partial charge in [-0.25, -0.2) is 4.85 Å². The molecule has 2 aromatic rings. The molecule has 4 heteroatoms. The van der Waals surface area contributed by atoms with Crippen molar-refractivity contribution in [1.29, 1.82) is 0 Å². The van der Waals surface area contributed by atoms with Gasteiger partial charge in [-0.2, -0.15) is 0 Å². The Labute approximate surface area is 149 Å². The summed E-state index contributed by atoms with van der Waals surface area (Å²) >= 11 is 0. The number of carbonyl (C=O) groups is 1. The van der Waals surface area contributed by atoms with Crippen molar-refractivity contribution in [1.82, 2.24) is 0 Å². The normalized spacial score (nSPS) is 14.6. The molecule has 0 radical (unpaired) electrons. The van der Waals surface area contributed by atoms with E-state index in [2.05, 4.69) is 15.5 Å². The Morgan fingerprint density at radius 3 is 2.44 bits per heavy atom. The van der Waals surface area contributed by atoms with E-state index in [1.165, 1.54) is 19.3 Å². The number of carbonyl (C=O) groups excluding carboxylic acids is 1. The molecule has 0 unspecified atom stereocenters. The van der Waals surface area contributed by atoms with Crippen LogP contribution in [0.2, 0.25) is 0 Å². The Kier molecular flexibility index (Phi) is 5.35. The minimum absolute atomic E-state index is 0.158. The fraction of sp³-hybridized carbons (Fsp3) is 0.333. The van der Waals surface area contributed by atoms with Crippen molar-refractivity contribution in [3.63, 3.8) is 0 Å². The van der Waals surface area contributed by atoms with Crippen LogP contribution in [0.3, 0.4) is 0 Å². The molecule has 0 saturated heterocycles. The van der Waals surface area contributed by atoms with E-state index in [0.29, 0.717) is 23.0 Å². The number of hydrogen-bond acceptors (Lipinski definition) is 2. The average Bonchev–Trinajstić information content (AvgIpc) is 2.64. The van der Waals surface area contributed by atoms with Gasteiger partial charge in [0.05, 0.1) is 17.9 Å². The third-order valence-electron chi connectivity index (χ3n) is 4.66. The number of hydrogen-bond donors (Lipinski definition) is 2. The van der Waals surface area contributed by atoms with Gasteiger partial charge in [-0.1, -0.05) is 43.0 Å². The van der Waals surface area contributed by atoms with Crippen LogP contribution in [-0.4, -0.2) is 11.9 Å². The average molecular weight is 333 g/mol. The molecule has 0 heterocycles. The maximum Gasteiger partial charge on any atom is 0.255 e. The van der Waals surface area contributed by atoms with Gasteiger partial charge < -0.3 is 10.6 Å². The second kappa shape index (κ2) is 7.85. The van der Waals surface area contributed by atoms with Crippen LogP contribution in [0, 0.1) is 13.5 Å². The lowest BCUT2D eigenvalue weighted by atomic mass is 9.95. The van der Waals surface area contributed by atoms with Crippen LogP contribution in [-0.2, 0) is 0 Å². The molecule has 1 aliphatic carbocycles. The zero-order chi connectivity index (χ0) is 17.6. The fourth-order valence-electron chi connectivity index (χ4n) is 3.20. The van der Waals surface area contributed by atoms with Gasteiger partial charge in [0.1, 0.15) is 0 Å². The third-order valence-corrected chi connectivity index (χ3v) is 4.66. The van der Waals surface area contributed by atoms with Crippen molar-refractivity contribution in [3.05, 3.63) is 65.0 Å². The summed E-state index contributed by atoms with van der Waals surface area (Å²) < 4.78 is 0. The predicted molar refractivity (Wildman–Crippen MR) is 102 cm³/mol. The molecule has 1 fully saturated rings. The van der Waals surface area contributed by atoms with Gasteiger partial charge in [0, 0.05) is 11.6 Å². The second-order valence-electron chi connectivity index (χ2n) is 6.64. The van der Waals surface area contributed by atoms with Crippen LogP contribution in [0.5, 0.6) is 0 Å². The Morgan fingerprint density at radius 2 is 1.76 bits per heavy atom. The van der Waals surface area contributed by atoms with E-state index in [9.17, 15) is 4.79 Å². The lowest BCUT2D eigenvalue weighted by Crippen LogP contribution is -2.23. The van der Waals surface area contributed by atoms with Gasteiger partial charge in [-0.3, -0.25) is 4.79 Å². The summed E-state index contributed by atoms with van der Waals surface area (Å²) in [6, 6.07) is 13.3. The molecule has 0 aliphatic heterocycles. The zero-order valence-electron chi connectivity index (χ0n) is 14.5. The van der Waals surface area contributed by atoms with Crippen molar-refractivity contribution in [2.24, 2.45) is 0 Å². The van der Waals surface area contributed by atoms with Crippen LogP contribution in [0.4, 0.5) is 17.1 Å². The van der Waals surface area contributed by atoms with E-state index < -0.39 is 0 Å². The Bertz CT molecular complexity index is 784. The monoisotopic (exact) mass is 333 g/mol. The SMILES string of the molecule is [C-]#[N+]c1ccc(NC2CCCCC2)c(NC(=O)c2ccc(C)cc2)c1. The van der Waals surface area contributed by atoms with Crippen LogP contribution in [0.1, 0.15) is 48.0 Å². The molecule has 1 saturated carbocycles. The van der Waals surface area contributed by atoms with Gasteiger partial charge in [-0.15, -0.1) is 0 Å². The van der Waals surface area contributed by atoms with Gasteiger partial charge in [-0.05, 0) is 44.0 Å². The fourth-order valence-corrected chi connectivity index (χ4v) is 3.20. The Hall–Kier alpha value is -2.80. The van der Waals surface area contributed by atoms with Crippen LogP contribution < -0.4 is 10.6 Å². The first-order chi connectivity index (χ1) is 12.2. The number of amides is 1. The van der Waals surface area contributed by atoms with Crippen molar-refractivity contribution in [3.8, 4) is 0 Å². The van der Waals surface area contributed by atoms with Gasteiger partial charge in [0.2, 0.25) is 0 Å². The molecule has 4 nitrogen and oxygen atoms in total. The maximum absolute atomic E-state index is 12.6. The first-order valence-corrected chi connectivity index (χ1v) is 8.82. The molecule has 2 aromatic carbocycles. The standard InChI is InChI=1S/C21H23N3O/c1-15-8-10-16(11-9-15)21(25)24-20-14-18(22-2)12-13-19(20)23-17-6-4-3-5-7-17/h8-14,17,23H,3-7H2,1H3,(H,24,25). The summed E-state index contributed by atoms with van der Waals surface area (Å²) in [6.07, 6.45) is 6.07. The Morgan fingerprint density at radius 1 is 1.04 bits per heavy atom. The van der Waals surface area contributed by atoms with E-state index in [1.54, 1.807) is 12.1 Å². The van der Waals surface area contributed by atoms with Gasteiger partial charge in [0.15, 0.2) is 5.69 Å². The van der Waals surface area contributed by atoms with Crippen molar-refractivity contribution in [2.75, 3.05) is 10.6 Å². The topological polar surface area (TPSA) is 45.5 Å². The van der Waals surface area contributed by atoms with E-state index >= 15 is 0 Å². The van der Waals surface area contributed by atoms with E-state index in [1.807, 2.05) is 37.3 Å². The highest BCUT2D eigenvalue weighted by Gasteiger charge is 2.16. The molecule has 2 N–H and O–H groups in total. The van der Waals surface area contributed by atoms with Crippen molar-refractivity contribution < 1.29 is 4.79 Å². The molecule has 3 rings (SSSR count). The van der Waals surface area contributed by atoms with E-state index in [-0.39, 0.29) is 5.91 Å². The first-order valence-electron chi connectivity index (χ1n) is 8.82. The summed E-state index contributed by atoms with van der Waals surface area (Å²) in [5.74, 6) is -0.158. The first kappa shape index (κ1) is 17.0. The molecule has 1 aliphatic rings. The largest absolute Gasteiger partial charge is 0.381 e. The molecular formula is C21H23N3O. The molecule has 1 amide bonds. The van der Waals surface area contributed by atoms with Crippen molar-refractivity contribution in [2.45, 2.75) is 45.1 Å². The molecular weight excluding hydrogens is 310 g/mol. The second-order valence-corrected chi connectivity index (χ2v) is 6.64. The number of nitrogens with zero attached hydrogens (tertiary/aromatic N) is 1. The van der Waals surface area contributed by atoms with E-state index in [0.717, 1.165) is 24.1 Å². The van der Waals surface area contributed by atoms with Crippen LogP contribution in [0.15, 0.2) is 42.5 Å². The molecule has 0 aromatic heterocycles. The quantitative estimate of drug-likeness (QED) is 0.721. The minimum Gasteiger partial charge on any atom is -0.381 e. The van der Waals surface area contributed by atoms with Crippen molar-refractivity contribution >= 4 is 23.0 Å². The molecule has 0 spiro atoms. The molecule has 25 heavy (non-hydrogen) atoms. The number of rotatable bonds is 4. The zero-order valence-corrected chi connectivity index (χ0v) is 14.5. The summed E-state index contributed by atoms with van der Waals surface area (Å²) in [4.78, 5) is 16.0. The maximum atomic E-state index is 12.6. The Balaban J connectivity index is 1.81. The van der Waals surface area contributed by atoms with Crippen LogP contribution in [0.25, 0.3) is 4.85 Å². The number of anilines is 2. The lowest BCUT2D eigenvalue weighted by Gasteiger charge is -2.25. The van der Waals surface area contributed by atoms with E-state index in [4.69, 9.17) is 6.57 Å². The molecule has 0 atom stereocenters. The summed E-state index contributed by atoms with van der Waals surface area (Å²) in [5.41, 5.74) is 3.81. The minimum atomic E-state index is -0.158. The summed E-state index contributed by atoms with van der Waals surface area (Å²) in [5, 5.41) is 6.51. The smallest absolute Gasteiger partial charge is 0.255 e. The highest BCUT2D eigenvalue weighted by molar-refractivity contribution is 6.06. The number of aryl methyl sites for hydroxylation is 1. The summed E-state index contributed by atoms with van der Waals surface area (Å²) in [6.45, 7) is 9.22. The number of benzene rings is 2. The molecule has 0 bridgehead atoms. The van der Waals surface area contributed by atoms with Crippen LogP contribution >= 0.6 is 0 Å². The highest BCUT2D eigenvalue weighted by Crippen LogP contribution is 2.31. The third kappa shape index (κ3) is 4.39. The number of nitrogens with one attached hydrogen (secondary N) is 2. The molecule has 128 valence electrons. The predicted octanol–water partition coefficient (Wildman–Crippen LogP) is 5.54. The lowest BCUT2D eigenvalue weighted by molar-refractivity contribution is 0.102. The summed E-state index contributed by atoms with van der Waals surface area (Å²) in [7, 11) is 0.